The van der Waals surface area contributed by atoms with Gasteiger partial charge in [0.15, 0.2) is 0 Å². The zero-order chi connectivity index (χ0) is 22.5. The summed E-state index contributed by atoms with van der Waals surface area (Å²) in [6.45, 7) is 1.02. The molecule has 0 aliphatic carbocycles. The molecule has 0 atom stereocenters. The van der Waals surface area contributed by atoms with Crippen LogP contribution in [-0.2, 0) is 13.1 Å². The molecule has 7 heteroatoms. The fraction of sp³-hybridized carbons (Fsp3) is 0.0769. The van der Waals surface area contributed by atoms with Gasteiger partial charge in [-0.05, 0) is 35.4 Å². The normalized spacial score (nSPS) is 10.8. The first-order chi connectivity index (χ1) is 16.3. The van der Waals surface area contributed by atoms with E-state index < -0.39 is 0 Å². The predicted molar refractivity (Wildman–Crippen MR) is 126 cm³/mol. The van der Waals surface area contributed by atoms with Crippen molar-refractivity contribution in [2.75, 3.05) is 0 Å². The van der Waals surface area contributed by atoms with Gasteiger partial charge in [-0.15, -0.1) is 0 Å². The molecule has 0 radical (unpaired) electrons. The minimum absolute atomic E-state index is 0.138. The lowest BCUT2D eigenvalue weighted by Crippen LogP contribution is -2.23. The molecule has 0 bridgehead atoms. The second-order valence-corrected chi connectivity index (χ2v) is 7.59. The monoisotopic (exact) mass is 434 g/mol. The van der Waals surface area contributed by atoms with Crippen LogP contribution in [0.15, 0.2) is 104 Å². The lowest BCUT2D eigenvalue weighted by atomic mass is 10.1. The summed E-state index contributed by atoms with van der Waals surface area (Å²) in [6.07, 6.45) is 4.96. The van der Waals surface area contributed by atoms with Gasteiger partial charge >= 0.3 is 0 Å². The number of rotatable bonds is 7. The molecule has 5 aromatic rings. The average molecular weight is 435 g/mol. The Morgan fingerprint density at radius 3 is 2.48 bits per heavy atom. The smallest absolute Gasteiger partial charge is 0.251 e. The highest BCUT2D eigenvalue weighted by Crippen LogP contribution is 2.22. The van der Waals surface area contributed by atoms with Gasteiger partial charge in [0.2, 0.25) is 0 Å². The van der Waals surface area contributed by atoms with Crippen LogP contribution in [0.25, 0.3) is 16.9 Å². The third kappa shape index (κ3) is 4.57. The summed E-state index contributed by atoms with van der Waals surface area (Å²) in [5, 5.41) is 11.7. The number of amides is 1. The summed E-state index contributed by atoms with van der Waals surface area (Å²) < 4.78 is 3.61. The van der Waals surface area contributed by atoms with Gasteiger partial charge < -0.3 is 5.32 Å². The average Bonchev–Trinajstić information content (AvgIpc) is 3.56. The second kappa shape index (κ2) is 9.32. The molecule has 162 valence electrons. The Bertz CT molecular complexity index is 1360. The van der Waals surface area contributed by atoms with Crippen molar-refractivity contribution < 1.29 is 4.79 Å². The van der Waals surface area contributed by atoms with Crippen LogP contribution in [0.2, 0.25) is 0 Å². The molecule has 0 aliphatic heterocycles. The van der Waals surface area contributed by atoms with Crippen LogP contribution >= 0.6 is 0 Å². The minimum atomic E-state index is -0.138. The van der Waals surface area contributed by atoms with E-state index in [4.69, 9.17) is 0 Å². The highest BCUT2D eigenvalue weighted by atomic mass is 16.1. The van der Waals surface area contributed by atoms with Crippen molar-refractivity contribution in [2.45, 2.75) is 13.1 Å². The van der Waals surface area contributed by atoms with Gasteiger partial charge in [-0.2, -0.15) is 10.2 Å². The molecule has 0 fully saturated rings. The Morgan fingerprint density at radius 1 is 0.848 bits per heavy atom. The molecule has 0 saturated heterocycles. The van der Waals surface area contributed by atoms with Crippen molar-refractivity contribution in [2.24, 2.45) is 0 Å². The molecule has 7 nitrogen and oxygen atoms in total. The zero-order valence-electron chi connectivity index (χ0n) is 17.9. The maximum Gasteiger partial charge on any atom is 0.251 e. The zero-order valence-corrected chi connectivity index (χ0v) is 17.9. The van der Waals surface area contributed by atoms with Crippen LogP contribution in [0.4, 0.5) is 0 Å². The van der Waals surface area contributed by atoms with Crippen molar-refractivity contribution >= 4 is 5.91 Å². The molecule has 2 aromatic heterocycles. The van der Waals surface area contributed by atoms with E-state index in [0.29, 0.717) is 18.7 Å². The molecule has 0 aliphatic rings. The Balaban J connectivity index is 1.33. The van der Waals surface area contributed by atoms with Crippen molar-refractivity contribution in [3.8, 4) is 16.9 Å². The van der Waals surface area contributed by atoms with Crippen molar-refractivity contribution in [1.29, 1.82) is 0 Å². The third-order valence-electron chi connectivity index (χ3n) is 5.42. The molecule has 33 heavy (non-hydrogen) atoms. The number of carbonyl (C=O) groups excluding carboxylic acids is 1. The van der Waals surface area contributed by atoms with E-state index in [1.807, 2.05) is 89.6 Å². The molecular weight excluding hydrogens is 412 g/mol. The van der Waals surface area contributed by atoms with Crippen LogP contribution in [-0.4, -0.2) is 30.5 Å². The van der Waals surface area contributed by atoms with E-state index in [0.717, 1.165) is 28.1 Å². The van der Waals surface area contributed by atoms with E-state index in [1.54, 1.807) is 17.2 Å². The van der Waals surface area contributed by atoms with E-state index in [1.165, 1.54) is 6.33 Å². The fourth-order valence-corrected chi connectivity index (χ4v) is 3.77. The molecule has 5 rings (SSSR count). The van der Waals surface area contributed by atoms with E-state index in [-0.39, 0.29) is 5.91 Å². The largest absolute Gasteiger partial charge is 0.348 e. The van der Waals surface area contributed by atoms with Gasteiger partial charge in [-0.25, -0.2) is 14.3 Å². The summed E-state index contributed by atoms with van der Waals surface area (Å²) in [5.41, 5.74) is 5.56. The van der Waals surface area contributed by atoms with Gasteiger partial charge in [0.05, 0.1) is 24.1 Å². The topological polar surface area (TPSA) is 77.6 Å². The van der Waals surface area contributed by atoms with E-state index >= 15 is 0 Å². The molecule has 3 aromatic carbocycles. The number of hydrogen-bond acceptors (Lipinski definition) is 4. The van der Waals surface area contributed by atoms with Crippen molar-refractivity contribution in [1.82, 2.24) is 29.9 Å². The number of nitrogens with zero attached hydrogens (tertiary/aromatic N) is 5. The lowest BCUT2D eigenvalue weighted by Gasteiger charge is -2.12. The highest BCUT2D eigenvalue weighted by Gasteiger charge is 2.12. The SMILES string of the molecule is O=C(NCc1ccccc1Cn1cncn1)c1cccc(-n2nccc2-c2ccccc2)c1. The van der Waals surface area contributed by atoms with Gasteiger partial charge in [0.1, 0.15) is 12.7 Å². The third-order valence-corrected chi connectivity index (χ3v) is 5.42. The summed E-state index contributed by atoms with van der Waals surface area (Å²) >= 11 is 0. The van der Waals surface area contributed by atoms with Crippen molar-refractivity contribution in [3.63, 3.8) is 0 Å². The molecule has 1 amide bonds. The standard InChI is InChI=1S/C26H22N6O/c33-26(28-16-22-9-4-5-10-23(22)17-31-19-27-18-30-31)21-11-6-12-24(15-21)32-25(13-14-29-32)20-7-2-1-3-8-20/h1-15,18-19H,16-17H2,(H,28,33). The van der Waals surface area contributed by atoms with Crippen molar-refractivity contribution in [3.05, 3.63) is 120 Å². The van der Waals surface area contributed by atoms with Crippen LogP contribution in [0.3, 0.4) is 0 Å². The first-order valence-corrected chi connectivity index (χ1v) is 10.7. The summed E-state index contributed by atoms with van der Waals surface area (Å²) in [5.74, 6) is -0.138. The summed E-state index contributed by atoms with van der Waals surface area (Å²) in [6, 6.07) is 27.5. The first kappa shape index (κ1) is 20.4. The van der Waals surface area contributed by atoms with Crippen LogP contribution in [0.5, 0.6) is 0 Å². The summed E-state index contributed by atoms with van der Waals surface area (Å²) in [4.78, 5) is 16.9. The Morgan fingerprint density at radius 2 is 1.67 bits per heavy atom. The molecule has 0 unspecified atom stereocenters. The molecule has 0 spiro atoms. The summed E-state index contributed by atoms with van der Waals surface area (Å²) in [7, 11) is 0. The van der Waals surface area contributed by atoms with Gasteiger partial charge in [0, 0.05) is 17.7 Å². The second-order valence-electron chi connectivity index (χ2n) is 7.59. The van der Waals surface area contributed by atoms with Gasteiger partial charge in [0.25, 0.3) is 5.91 Å². The number of benzene rings is 3. The quantitative estimate of drug-likeness (QED) is 0.418. The Hall–Kier alpha value is -4.52. The minimum Gasteiger partial charge on any atom is -0.348 e. The molecular formula is C26H22N6O. The maximum absolute atomic E-state index is 13.0. The van der Waals surface area contributed by atoms with Crippen LogP contribution in [0.1, 0.15) is 21.5 Å². The number of nitrogens with one attached hydrogen (secondary N) is 1. The van der Waals surface area contributed by atoms with Gasteiger partial charge in [-0.3, -0.25) is 4.79 Å². The van der Waals surface area contributed by atoms with Gasteiger partial charge in [-0.1, -0.05) is 60.7 Å². The fourth-order valence-electron chi connectivity index (χ4n) is 3.77. The van der Waals surface area contributed by atoms with E-state index in [2.05, 4.69) is 20.5 Å². The van der Waals surface area contributed by atoms with Crippen LogP contribution in [0, 0.1) is 0 Å². The molecule has 2 heterocycles. The Labute approximate surface area is 191 Å². The number of hydrogen-bond donors (Lipinski definition) is 1. The number of carbonyl (C=O) groups is 1. The van der Waals surface area contributed by atoms with E-state index in [9.17, 15) is 4.79 Å². The molecule has 0 saturated carbocycles. The Kier molecular flexibility index (Phi) is 5.75. The first-order valence-electron chi connectivity index (χ1n) is 10.7. The van der Waals surface area contributed by atoms with Crippen LogP contribution < -0.4 is 5.32 Å². The lowest BCUT2D eigenvalue weighted by molar-refractivity contribution is 0.0951. The predicted octanol–water partition coefficient (Wildman–Crippen LogP) is 4.11. The highest BCUT2D eigenvalue weighted by molar-refractivity contribution is 5.94. The number of aromatic nitrogens is 5. The maximum atomic E-state index is 13.0. The molecule has 1 N–H and O–H groups in total.